The van der Waals surface area contributed by atoms with E-state index in [0.717, 1.165) is 21.3 Å². The maximum atomic E-state index is 5.94. The average molecular weight is 349 g/mol. The van der Waals surface area contributed by atoms with E-state index in [0.29, 0.717) is 5.76 Å². The van der Waals surface area contributed by atoms with Crippen molar-refractivity contribution in [1.82, 2.24) is 4.98 Å². The maximum absolute atomic E-state index is 5.94. The summed E-state index contributed by atoms with van der Waals surface area (Å²) in [4.78, 5) is 4.29. The van der Waals surface area contributed by atoms with Gasteiger partial charge in [0.1, 0.15) is 5.69 Å². The van der Waals surface area contributed by atoms with Crippen LogP contribution in [0.25, 0.3) is 22.6 Å². The average Bonchev–Trinajstić information content (AvgIpc) is 2.82. The van der Waals surface area contributed by atoms with Gasteiger partial charge in [0, 0.05) is 15.6 Å². The molecule has 0 amide bonds. The molecular weight excluding hydrogens is 338 g/mol. The molecule has 0 spiro atoms. The SMILES string of the molecule is Cc1ccc(-c2oc(Cl)nc2-c2ccc(Br)cc2)cc1. The first-order chi connectivity index (χ1) is 9.63. The van der Waals surface area contributed by atoms with Crippen LogP contribution < -0.4 is 0 Å². The van der Waals surface area contributed by atoms with E-state index in [1.54, 1.807) is 0 Å². The largest absolute Gasteiger partial charge is 0.427 e. The second kappa shape index (κ2) is 5.43. The van der Waals surface area contributed by atoms with E-state index >= 15 is 0 Å². The molecule has 3 rings (SSSR count). The third-order valence-electron chi connectivity index (χ3n) is 3.03. The molecule has 0 aliphatic carbocycles. The van der Waals surface area contributed by atoms with Crippen LogP contribution in [0.3, 0.4) is 0 Å². The van der Waals surface area contributed by atoms with Crippen molar-refractivity contribution in [3.05, 3.63) is 63.9 Å². The van der Waals surface area contributed by atoms with Crippen LogP contribution in [0.15, 0.2) is 57.4 Å². The number of benzene rings is 2. The quantitative estimate of drug-likeness (QED) is 0.591. The highest BCUT2D eigenvalue weighted by Crippen LogP contribution is 2.34. The molecule has 100 valence electrons. The predicted molar refractivity (Wildman–Crippen MR) is 84.8 cm³/mol. The molecule has 0 aliphatic heterocycles. The molecule has 1 aromatic heterocycles. The summed E-state index contributed by atoms with van der Waals surface area (Å²) in [5.74, 6) is 0.692. The molecule has 0 fully saturated rings. The molecule has 2 aromatic carbocycles. The minimum atomic E-state index is 0.151. The molecule has 1 heterocycles. The Labute approximate surface area is 130 Å². The topological polar surface area (TPSA) is 26.0 Å². The lowest BCUT2D eigenvalue weighted by molar-refractivity contribution is 0.574. The van der Waals surface area contributed by atoms with Gasteiger partial charge in [0.25, 0.3) is 5.35 Å². The Morgan fingerprint density at radius 2 is 1.55 bits per heavy atom. The molecule has 0 radical (unpaired) electrons. The molecule has 2 nitrogen and oxygen atoms in total. The van der Waals surface area contributed by atoms with Crippen LogP contribution in [0.5, 0.6) is 0 Å². The maximum Gasteiger partial charge on any atom is 0.293 e. The summed E-state index contributed by atoms with van der Waals surface area (Å²) in [7, 11) is 0. The van der Waals surface area contributed by atoms with E-state index in [1.807, 2.05) is 55.5 Å². The van der Waals surface area contributed by atoms with Gasteiger partial charge in [-0.1, -0.05) is 57.9 Å². The minimum absolute atomic E-state index is 0.151. The fraction of sp³-hybridized carbons (Fsp3) is 0.0625. The number of halogens is 2. The van der Waals surface area contributed by atoms with Gasteiger partial charge in [-0.25, -0.2) is 0 Å². The molecule has 0 saturated carbocycles. The Bertz CT molecular complexity index is 669. The van der Waals surface area contributed by atoms with Crippen molar-refractivity contribution in [1.29, 1.82) is 0 Å². The first-order valence-electron chi connectivity index (χ1n) is 6.13. The third-order valence-corrected chi connectivity index (χ3v) is 3.72. The number of aromatic nitrogens is 1. The van der Waals surface area contributed by atoms with Gasteiger partial charge in [-0.2, -0.15) is 4.98 Å². The zero-order valence-electron chi connectivity index (χ0n) is 10.7. The molecule has 20 heavy (non-hydrogen) atoms. The van der Waals surface area contributed by atoms with Crippen molar-refractivity contribution in [2.45, 2.75) is 6.92 Å². The van der Waals surface area contributed by atoms with Gasteiger partial charge in [-0.3, -0.25) is 0 Å². The zero-order chi connectivity index (χ0) is 14.1. The smallest absolute Gasteiger partial charge is 0.293 e. The monoisotopic (exact) mass is 347 g/mol. The van der Waals surface area contributed by atoms with E-state index in [-0.39, 0.29) is 5.35 Å². The summed E-state index contributed by atoms with van der Waals surface area (Å²) in [6, 6.07) is 16.0. The van der Waals surface area contributed by atoms with Crippen molar-refractivity contribution in [2.24, 2.45) is 0 Å². The van der Waals surface area contributed by atoms with Crippen LogP contribution in [0.4, 0.5) is 0 Å². The minimum Gasteiger partial charge on any atom is -0.427 e. The van der Waals surface area contributed by atoms with Gasteiger partial charge in [0.15, 0.2) is 5.76 Å². The Morgan fingerprint density at radius 1 is 0.950 bits per heavy atom. The van der Waals surface area contributed by atoms with Gasteiger partial charge in [0.2, 0.25) is 0 Å². The highest BCUT2D eigenvalue weighted by molar-refractivity contribution is 9.10. The summed E-state index contributed by atoms with van der Waals surface area (Å²) >= 11 is 9.37. The van der Waals surface area contributed by atoms with Crippen LogP contribution in [-0.4, -0.2) is 4.98 Å². The molecule has 0 aliphatic rings. The lowest BCUT2D eigenvalue weighted by atomic mass is 10.0. The van der Waals surface area contributed by atoms with Crippen LogP contribution in [-0.2, 0) is 0 Å². The molecule has 3 aromatic rings. The van der Waals surface area contributed by atoms with Gasteiger partial charge in [0.05, 0.1) is 0 Å². The molecule has 0 saturated heterocycles. The highest BCUT2D eigenvalue weighted by atomic mass is 79.9. The summed E-state index contributed by atoms with van der Waals surface area (Å²) in [5, 5.41) is 0.151. The summed E-state index contributed by atoms with van der Waals surface area (Å²) in [6.45, 7) is 2.05. The van der Waals surface area contributed by atoms with Crippen molar-refractivity contribution >= 4 is 27.5 Å². The Kier molecular flexibility index (Phi) is 3.64. The number of nitrogens with zero attached hydrogens (tertiary/aromatic N) is 1. The Hall–Kier alpha value is -1.58. The fourth-order valence-corrected chi connectivity index (χ4v) is 2.42. The molecule has 0 unspecified atom stereocenters. The lowest BCUT2D eigenvalue weighted by Crippen LogP contribution is -1.83. The second-order valence-corrected chi connectivity index (χ2v) is 5.76. The third kappa shape index (κ3) is 2.65. The van der Waals surface area contributed by atoms with Crippen molar-refractivity contribution < 1.29 is 4.42 Å². The lowest BCUT2D eigenvalue weighted by Gasteiger charge is -2.02. The molecule has 0 bridgehead atoms. The number of hydrogen-bond acceptors (Lipinski definition) is 2. The molecule has 0 N–H and O–H groups in total. The van der Waals surface area contributed by atoms with Crippen molar-refractivity contribution in [3.63, 3.8) is 0 Å². The Morgan fingerprint density at radius 3 is 2.20 bits per heavy atom. The van der Waals surface area contributed by atoms with Crippen LogP contribution in [0, 0.1) is 6.92 Å². The van der Waals surface area contributed by atoms with Gasteiger partial charge < -0.3 is 4.42 Å². The zero-order valence-corrected chi connectivity index (χ0v) is 13.1. The van der Waals surface area contributed by atoms with Crippen molar-refractivity contribution in [2.75, 3.05) is 0 Å². The van der Waals surface area contributed by atoms with Crippen LogP contribution >= 0.6 is 27.5 Å². The first-order valence-corrected chi connectivity index (χ1v) is 7.30. The number of oxazole rings is 1. The van der Waals surface area contributed by atoms with E-state index in [1.165, 1.54) is 5.56 Å². The molecule has 4 heteroatoms. The summed E-state index contributed by atoms with van der Waals surface area (Å²) in [6.07, 6.45) is 0. The summed E-state index contributed by atoms with van der Waals surface area (Å²) in [5.41, 5.74) is 3.89. The standard InChI is InChI=1S/C16H11BrClNO/c1-10-2-4-12(5-3-10)15-14(19-16(18)20-15)11-6-8-13(17)9-7-11/h2-9H,1H3. The van der Waals surface area contributed by atoms with Crippen LogP contribution in [0.2, 0.25) is 5.35 Å². The fourth-order valence-electron chi connectivity index (χ4n) is 2.00. The summed E-state index contributed by atoms with van der Waals surface area (Å²) < 4.78 is 6.59. The van der Waals surface area contributed by atoms with Crippen LogP contribution in [0.1, 0.15) is 5.56 Å². The number of rotatable bonds is 2. The van der Waals surface area contributed by atoms with E-state index in [2.05, 4.69) is 20.9 Å². The number of aryl methyl sites for hydroxylation is 1. The predicted octanol–water partition coefficient (Wildman–Crippen LogP) is 5.73. The van der Waals surface area contributed by atoms with E-state index < -0.39 is 0 Å². The van der Waals surface area contributed by atoms with Gasteiger partial charge in [-0.05, 0) is 30.7 Å². The van der Waals surface area contributed by atoms with E-state index in [4.69, 9.17) is 16.0 Å². The van der Waals surface area contributed by atoms with Gasteiger partial charge >= 0.3 is 0 Å². The molecular formula is C16H11BrClNO. The highest BCUT2D eigenvalue weighted by Gasteiger charge is 2.15. The van der Waals surface area contributed by atoms with E-state index in [9.17, 15) is 0 Å². The molecule has 0 atom stereocenters. The second-order valence-electron chi connectivity index (χ2n) is 4.52. The normalized spacial score (nSPS) is 10.8. The number of hydrogen-bond donors (Lipinski definition) is 0. The van der Waals surface area contributed by atoms with Gasteiger partial charge in [-0.15, -0.1) is 0 Å². The Balaban J connectivity index is 2.12. The van der Waals surface area contributed by atoms with Crippen molar-refractivity contribution in [3.8, 4) is 22.6 Å². The first kappa shape index (κ1) is 13.4.